The van der Waals surface area contributed by atoms with Gasteiger partial charge >= 0.3 is 0 Å². The zero-order chi connectivity index (χ0) is 16.3. The molecule has 2 rings (SSSR count). The van der Waals surface area contributed by atoms with Crippen LogP contribution in [0.15, 0.2) is 18.2 Å². The van der Waals surface area contributed by atoms with Crippen LogP contribution in [0.3, 0.4) is 0 Å². The number of ether oxygens (including phenoxy) is 1. The number of aromatic hydroxyl groups is 2. The van der Waals surface area contributed by atoms with Crippen LogP contribution in [0.5, 0.6) is 11.5 Å². The first-order chi connectivity index (χ1) is 10.4. The second kappa shape index (κ2) is 7.23. The van der Waals surface area contributed by atoms with Gasteiger partial charge in [-0.3, -0.25) is 5.32 Å². The van der Waals surface area contributed by atoms with Gasteiger partial charge in [-0.25, -0.2) is 0 Å². The molecule has 0 bridgehead atoms. The van der Waals surface area contributed by atoms with Gasteiger partial charge < -0.3 is 35.4 Å². The Morgan fingerprint density at radius 2 is 1.73 bits per heavy atom. The van der Waals surface area contributed by atoms with Gasteiger partial charge in [-0.2, -0.15) is 0 Å². The Labute approximate surface area is 127 Å². The lowest BCUT2D eigenvalue weighted by Gasteiger charge is -2.40. The molecule has 1 aromatic carbocycles. The van der Waals surface area contributed by atoms with Crippen LogP contribution in [-0.2, 0) is 11.2 Å². The lowest BCUT2D eigenvalue weighted by Crippen LogP contribution is -2.62. The molecule has 8 heteroatoms. The zero-order valence-electron chi connectivity index (χ0n) is 11.8. The minimum absolute atomic E-state index is 0.203. The predicted octanol–water partition coefficient (Wildman–Crippen LogP) is -1.97. The Morgan fingerprint density at radius 1 is 1.00 bits per heavy atom. The third kappa shape index (κ3) is 3.67. The molecule has 0 radical (unpaired) electrons. The minimum Gasteiger partial charge on any atom is -0.504 e. The van der Waals surface area contributed by atoms with E-state index in [1.165, 1.54) is 12.1 Å². The second-order valence-corrected chi connectivity index (χ2v) is 5.28. The molecule has 22 heavy (non-hydrogen) atoms. The maximum atomic E-state index is 9.85. The molecular formula is C14H21NO7. The summed E-state index contributed by atoms with van der Waals surface area (Å²) < 4.78 is 5.30. The number of aliphatic hydroxyl groups excluding tert-OH is 4. The third-order valence-electron chi connectivity index (χ3n) is 3.69. The first-order valence-electron chi connectivity index (χ1n) is 6.98. The van der Waals surface area contributed by atoms with Crippen molar-refractivity contribution in [2.75, 3.05) is 13.2 Å². The summed E-state index contributed by atoms with van der Waals surface area (Å²) in [5.74, 6) is -0.420. The summed E-state index contributed by atoms with van der Waals surface area (Å²) in [4.78, 5) is 0. The highest BCUT2D eigenvalue weighted by molar-refractivity contribution is 5.40. The molecule has 8 nitrogen and oxygen atoms in total. The average molecular weight is 315 g/mol. The van der Waals surface area contributed by atoms with Crippen molar-refractivity contribution in [1.29, 1.82) is 0 Å². The van der Waals surface area contributed by atoms with Gasteiger partial charge in [0, 0.05) is 6.54 Å². The number of rotatable bonds is 5. The van der Waals surface area contributed by atoms with Crippen molar-refractivity contribution >= 4 is 0 Å². The van der Waals surface area contributed by atoms with E-state index in [0.29, 0.717) is 13.0 Å². The number of hydrogen-bond donors (Lipinski definition) is 7. The molecule has 0 saturated carbocycles. The number of benzene rings is 1. The first kappa shape index (κ1) is 16.9. The van der Waals surface area contributed by atoms with Crippen LogP contribution >= 0.6 is 0 Å². The van der Waals surface area contributed by atoms with E-state index in [0.717, 1.165) is 5.56 Å². The van der Waals surface area contributed by atoms with Crippen LogP contribution in [0.4, 0.5) is 0 Å². The second-order valence-electron chi connectivity index (χ2n) is 5.28. The van der Waals surface area contributed by atoms with E-state index >= 15 is 0 Å². The molecule has 5 atom stereocenters. The fraction of sp³-hybridized carbons (Fsp3) is 0.571. The Bertz CT molecular complexity index is 496. The maximum absolute atomic E-state index is 9.85. The maximum Gasteiger partial charge on any atom is 0.157 e. The summed E-state index contributed by atoms with van der Waals surface area (Å²) in [7, 11) is 0. The van der Waals surface area contributed by atoms with Crippen LogP contribution in [0.2, 0.25) is 0 Å². The van der Waals surface area contributed by atoms with Crippen molar-refractivity contribution in [1.82, 2.24) is 5.32 Å². The molecule has 1 aliphatic rings. The molecule has 1 heterocycles. The van der Waals surface area contributed by atoms with Crippen molar-refractivity contribution in [3.8, 4) is 11.5 Å². The fourth-order valence-corrected chi connectivity index (χ4v) is 2.35. The van der Waals surface area contributed by atoms with Crippen molar-refractivity contribution in [2.24, 2.45) is 0 Å². The quantitative estimate of drug-likeness (QED) is 0.310. The van der Waals surface area contributed by atoms with E-state index in [1.807, 2.05) is 0 Å². The Kier molecular flexibility index (Phi) is 5.57. The summed E-state index contributed by atoms with van der Waals surface area (Å²) in [5, 5.41) is 59.7. The number of phenolic OH excluding ortho intramolecular Hbond substituents is 2. The number of nitrogens with one attached hydrogen (secondary N) is 1. The van der Waals surface area contributed by atoms with Gasteiger partial charge in [-0.05, 0) is 24.1 Å². The molecule has 7 N–H and O–H groups in total. The van der Waals surface area contributed by atoms with Crippen molar-refractivity contribution < 1.29 is 35.4 Å². The summed E-state index contributed by atoms with van der Waals surface area (Å²) in [6, 6.07) is 4.44. The van der Waals surface area contributed by atoms with Gasteiger partial charge in [0.15, 0.2) is 11.5 Å². The molecule has 0 spiro atoms. The first-order valence-corrected chi connectivity index (χ1v) is 6.98. The van der Waals surface area contributed by atoms with Crippen LogP contribution in [0.25, 0.3) is 0 Å². The number of hydrogen-bond acceptors (Lipinski definition) is 8. The molecule has 124 valence electrons. The van der Waals surface area contributed by atoms with Crippen LogP contribution in [0, 0.1) is 0 Å². The molecular weight excluding hydrogens is 294 g/mol. The zero-order valence-corrected chi connectivity index (χ0v) is 11.8. The van der Waals surface area contributed by atoms with Gasteiger partial charge in [0.2, 0.25) is 0 Å². The highest BCUT2D eigenvalue weighted by atomic mass is 16.6. The smallest absolute Gasteiger partial charge is 0.157 e. The van der Waals surface area contributed by atoms with E-state index in [-0.39, 0.29) is 11.5 Å². The van der Waals surface area contributed by atoms with Crippen LogP contribution in [0.1, 0.15) is 5.56 Å². The van der Waals surface area contributed by atoms with E-state index in [2.05, 4.69) is 5.32 Å². The summed E-state index contributed by atoms with van der Waals surface area (Å²) in [6.45, 7) is -0.123. The highest BCUT2D eigenvalue weighted by Crippen LogP contribution is 2.25. The Morgan fingerprint density at radius 3 is 2.36 bits per heavy atom. The van der Waals surface area contributed by atoms with Gasteiger partial charge in [0.1, 0.15) is 30.6 Å². The molecule has 1 saturated heterocycles. The number of phenols is 2. The molecule has 1 fully saturated rings. The molecule has 1 aromatic rings. The SMILES string of the molecule is OC[C@H]1OC(NCCc2ccc(O)c(O)c2)[C@H](O)[C@@H](O)[C@@H]1O. The molecule has 0 aromatic heterocycles. The molecule has 1 unspecified atom stereocenters. The lowest BCUT2D eigenvalue weighted by atomic mass is 9.98. The molecule has 1 aliphatic heterocycles. The van der Waals surface area contributed by atoms with Crippen molar-refractivity contribution in [2.45, 2.75) is 37.1 Å². The fourth-order valence-electron chi connectivity index (χ4n) is 2.35. The van der Waals surface area contributed by atoms with E-state index in [1.54, 1.807) is 6.07 Å². The average Bonchev–Trinajstić information content (AvgIpc) is 2.51. The number of aliphatic hydroxyl groups is 4. The molecule has 0 amide bonds. The van der Waals surface area contributed by atoms with E-state index < -0.39 is 37.3 Å². The van der Waals surface area contributed by atoms with Gasteiger partial charge in [-0.15, -0.1) is 0 Å². The Hall–Kier alpha value is -1.42. The van der Waals surface area contributed by atoms with Crippen molar-refractivity contribution in [3.05, 3.63) is 23.8 Å². The Balaban J connectivity index is 1.88. The lowest BCUT2D eigenvalue weighted by molar-refractivity contribution is -0.236. The van der Waals surface area contributed by atoms with E-state index in [4.69, 9.17) is 9.84 Å². The normalized spacial score (nSPS) is 32.1. The van der Waals surface area contributed by atoms with Crippen molar-refractivity contribution in [3.63, 3.8) is 0 Å². The summed E-state index contributed by atoms with van der Waals surface area (Å²) in [5.41, 5.74) is 0.757. The summed E-state index contributed by atoms with van der Waals surface area (Å²) in [6.07, 6.45) is -5.53. The van der Waals surface area contributed by atoms with Gasteiger partial charge in [-0.1, -0.05) is 6.07 Å². The monoisotopic (exact) mass is 315 g/mol. The van der Waals surface area contributed by atoms with Gasteiger partial charge in [0.25, 0.3) is 0 Å². The topological polar surface area (TPSA) is 143 Å². The minimum atomic E-state index is -1.42. The van der Waals surface area contributed by atoms with Crippen LogP contribution < -0.4 is 5.32 Å². The standard InChI is InChI=1S/C14H21NO7/c16-6-10-11(19)12(20)13(21)14(22-10)15-4-3-7-1-2-8(17)9(18)5-7/h1-2,5,10-21H,3-4,6H2/t10-,11-,12+,13-,14?/m1/s1. The molecule has 0 aliphatic carbocycles. The van der Waals surface area contributed by atoms with Crippen LogP contribution in [-0.4, -0.2) is 74.4 Å². The third-order valence-corrected chi connectivity index (χ3v) is 3.69. The van der Waals surface area contributed by atoms with E-state index in [9.17, 15) is 25.5 Å². The van der Waals surface area contributed by atoms with Gasteiger partial charge in [0.05, 0.1) is 6.61 Å². The highest BCUT2D eigenvalue weighted by Gasteiger charge is 2.43. The predicted molar refractivity (Wildman–Crippen MR) is 75.2 cm³/mol. The summed E-state index contributed by atoms with van der Waals surface area (Å²) >= 11 is 0. The largest absolute Gasteiger partial charge is 0.504 e.